The quantitative estimate of drug-likeness (QED) is 0.534. The first-order valence-corrected chi connectivity index (χ1v) is 11.3. The molecule has 3 rings (SSSR count). The molecule has 0 saturated carbocycles. The van der Waals surface area contributed by atoms with E-state index < -0.39 is 15.9 Å². The van der Waals surface area contributed by atoms with Crippen molar-refractivity contribution in [1.29, 1.82) is 0 Å². The third-order valence-electron chi connectivity index (χ3n) is 4.14. The molecule has 2 aliphatic rings. The maximum absolute atomic E-state index is 12.6. The van der Waals surface area contributed by atoms with Gasteiger partial charge in [0.2, 0.25) is 5.91 Å². The van der Waals surface area contributed by atoms with E-state index in [1.807, 2.05) is 18.2 Å². The van der Waals surface area contributed by atoms with Crippen LogP contribution in [-0.2, 0) is 19.4 Å². The minimum absolute atomic E-state index is 0.0266. The Morgan fingerprint density at radius 1 is 1.43 bits per heavy atom. The monoisotopic (exact) mass is 438 g/mol. The van der Waals surface area contributed by atoms with Crippen molar-refractivity contribution in [1.82, 2.24) is 10.2 Å². The molecule has 28 heavy (non-hydrogen) atoms. The molecular formula is C18H18N2O5S3. The molecule has 7 nitrogen and oxygen atoms in total. The SMILES string of the molecule is COc1ccccc1/C=C1/SC(=S)N(CCC(=O)NC2C=CS(=O)(=O)C2)C1=O. The van der Waals surface area contributed by atoms with Gasteiger partial charge in [0.1, 0.15) is 10.1 Å². The Morgan fingerprint density at radius 2 is 2.18 bits per heavy atom. The molecular weight excluding hydrogens is 420 g/mol. The zero-order chi connectivity index (χ0) is 20.3. The van der Waals surface area contributed by atoms with E-state index in [2.05, 4.69) is 5.32 Å². The Morgan fingerprint density at radius 3 is 2.86 bits per heavy atom. The van der Waals surface area contributed by atoms with Gasteiger partial charge < -0.3 is 10.1 Å². The van der Waals surface area contributed by atoms with Crippen LogP contribution in [0.15, 0.2) is 40.7 Å². The summed E-state index contributed by atoms with van der Waals surface area (Å²) in [7, 11) is -1.68. The second-order valence-corrected chi connectivity index (χ2v) is 9.76. The van der Waals surface area contributed by atoms with Crippen LogP contribution in [0.3, 0.4) is 0 Å². The molecule has 1 N–H and O–H groups in total. The van der Waals surface area contributed by atoms with Crippen LogP contribution >= 0.6 is 24.0 Å². The van der Waals surface area contributed by atoms with E-state index >= 15 is 0 Å². The van der Waals surface area contributed by atoms with E-state index in [0.29, 0.717) is 15.0 Å². The first-order valence-electron chi connectivity index (χ1n) is 8.38. The zero-order valence-corrected chi connectivity index (χ0v) is 17.4. The molecule has 0 bridgehead atoms. The number of para-hydroxylation sites is 1. The van der Waals surface area contributed by atoms with Crippen LogP contribution < -0.4 is 10.1 Å². The van der Waals surface area contributed by atoms with Gasteiger partial charge in [0.25, 0.3) is 5.91 Å². The van der Waals surface area contributed by atoms with E-state index in [9.17, 15) is 18.0 Å². The standard InChI is InChI=1S/C18H18N2O5S3/c1-25-14-5-3-2-4-12(14)10-15-17(22)20(18(26)27-15)8-6-16(21)19-13-7-9-28(23,24)11-13/h2-5,7,9-10,13H,6,8,11H2,1H3,(H,19,21)/b15-10+. The Bertz CT molecular complexity index is 985. The minimum Gasteiger partial charge on any atom is -0.496 e. The van der Waals surface area contributed by atoms with Crippen molar-refractivity contribution >= 4 is 56.0 Å². The topological polar surface area (TPSA) is 92.8 Å². The molecule has 10 heteroatoms. The molecule has 0 aliphatic carbocycles. The summed E-state index contributed by atoms with van der Waals surface area (Å²) in [5.74, 6) is -0.0974. The van der Waals surface area contributed by atoms with Gasteiger partial charge in [-0.15, -0.1) is 0 Å². The fourth-order valence-corrected chi connectivity index (χ4v) is 5.31. The Hall–Kier alpha value is -2.17. The summed E-state index contributed by atoms with van der Waals surface area (Å²) >= 11 is 6.44. The van der Waals surface area contributed by atoms with Gasteiger partial charge in [-0.2, -0.15) is 0 Å². The molecule has 1 aromatic carbocycles. The van der Waals surface area contributed by atoms with Crippen LogP contribution in [0, 0.1) is 0 Å². The maximum Gasteiger partial charge on any atom is 0.266 e. The predicted octanol–water partition coefficient (Wildman–Crippen LogP) is 1.71. The summed E-state index contributed by atoms with van der Waals surface area (Å²) in [5, 5.41) is 3.73. The number of sulfone groups is 1. The zero-order valence-electron chi connectivity index (χ0n) is 15.0. The highest BCUT2D eigenvalue weighted by Crippen LogP contribution is 2.34. The Balaban J connectivity index is 1.60. The van der Waals surface area contributed by atoms with E-state index in [1.165, 1.54) is 22.7 Å². The summed E-state index contributed by atoms with van der Waals surface area (Å²) < 4.78 is 28.4. The largest absolute Gasteiger partial charge is 0.496 e. The molecule has 0 spiro atoms. The lowest BCUT2D eigenvalue weighted by Crippen LogP contribution is -2.38. The van der Waals surface area contributed by atoms with Crippen molar-refractivity contribution in [2.45, 2.75) is 12.5 Å². The molecule has 1 aromatic rings. The number of hydrogen-bond acceptors (Lipinski definition) is 7. The highest BCUT2D eigenvalue weighted by molar-refractivity contribution is 8.26. The fraction of sp³-hybridized carbons (Fsp3) is 0.278. The van der Waals surface area contributed by atoms with Crippen LogP contribution in [0.2, 0.25) is 0 Å². The molecule has 0 aromatic heterocycles. The van der Waals surface area contributed by atoms with Crippen LogP contribution in [0.1, 0.15) is 12.0 Å². The number of thioether (sulfide) groups is 1. The molecule has 2 heterocycles. The second kappa shape index (κ2) is 8.46. The average molecular weight is 439 g/mol. The van der Waals surface area contributed by atoms with Crippen LogP contribution in [-0.4, -0.2) is 54.9 Å². The van der Waals surface area contributed by atoms with E-state index in [1.54, 1.807) is 19.3 Å². The van der Waals surface area contributed by atoms with Crippen molar-refractivity contribution in [2.75, 3.05) is 19.4 Å². The maximum atomic E-state index is 12.6. The number of rotatable bonds is 6. The smallest absolute Gasteiger partial charge is 0.266 e. The van der Waals surface area contributed by atoms with Crippen LogP contribution in [0.4, 0.5) is 0 Å². The number of ether oxygens (including phenoxy) is 1. The fourth-order valence-electron chi connectivity index (χ4n) is 2.78. The first-order chi connectivity index (χ1) is 13.3. The predicted molar refractivity (Wildman–Crippen MR) is 112 cm³/mol. The lowest BCUT2D eigenvalue weighted by Gasteiger charge is -2.15. The molecule has 2 amide bonds. The number of thiocarbonyl (C=S) groups is 1. The number of hydrogen-bond donors (Lipinski definition) is 1. The number of nitrogens with zero attached hydrogens (tertiary/aromatic N) is 1. The Labute approximate surface area is 172 Å². The van der Waals surface area contributed by atoms with Gasteiger partial charge in [0.15, 0.2) is 9.84 Å². The van der Waals surface area contributed by atoms with Crippen molar-refractivity contribution in [3.8, 4) is 5.75 Å². The summed E-state index contributed by atoms with van der Waals surface area (Å²) in [6.07, 6.45) is 3.19. The van der Waals surface area contributed by atoms with Gasteiger partial charge in [-0.1, -0.05) is 42.2 Å². The third-order valence-corrected chi connectivity index (χ3v) is 6.91. The molecule has 148 valence electrons. The number of carbonyl (C=O) groups is 2. The van der Waals surface area contributed by atoms with Gasteiger partial charge >= 0.3 is 0 Å². The molecule has 0 radical (unpaired) electrons. The Kier molecular flexibility index (Phi) is 6.21. The molecule has 1 saturated heterocycles. The van der Waals surface area contributed by atoms with Gasteiger partial charge in [-0.3, -0.25) is 14.5 Å². The van der Waals surface area contributed by atoms with E-state index in [-0.39, 0.29) is 30.5 Å². The molecule has 1 atom stereocenters. The highest BCUT2D eigenvalue weighted by Gasteiger charge is 2.32. The minimum atomic E-state index is -3.23. The van der Waals surface area contributed by atoms with Crippen molar-refractivity contribution < 1.29 is 22.7 Å². The molecule has 1 fully saturated rings. The number of nitrogens with one attached hydrogen (secondary N) is 1. The number of benzene rings is 1. The van der Waals surface area contributed by atoms with Gasteiger partial charge in [0.05, 0.1) is 23.8 Å². The second-order valence-electron chi connectivity index (χ2n) is 6.16. The first kappa shape index (κ1) is 20.6. The summed E-state index contributed by atoms with van der Waals surface area (Å²) in [6, 6.07) is 6.78. The van der Waals surface area contributed by atoms with Gasteiger partial charge in [0, 0.05) is 23.9 Å². The highest BCUT2D eigenvalue weighted by atomic mass is 32.2. The third kappa shape index (κ3) is 4.81. The molecule has 2 aliphatic heterocycles. The summed E-state index contributed by atoms with van der Waals surface area (Å²) in [5.41, 5.74) is 0.762. The van der Waals surface area contributed by atoms with E-state index in [4.69, 9.17) is 17.0 Å². The summed E-state index contributed by atoms with van der Waals surface area (Å²) in [4.78, 5) is 26.6. The van der Waals surface area contributed by atoms with Crippen molar-refractivity contribution in [3.05, 3.63) is 46.2 Å². The normalized spacial score (nSPS) is 22.1. The van der Waals surface area contributed by atoms with Gasteiger partial charge in [-0.25, -0.2) is 8.42 Å². The van der Waals surface area contributed by atoms with Crippen LogP contribution in [0.5, 0.6) is 5.75 Å². The number of carbonyl (C=O) groups excluding carboxylic acids is 2. The lowest BCUT2D eigenvalue weighted by atomic mass is 10.2. The van der Waals surface area contributed by atoms with Crippen LogP contribution in [0.25, 0.3) is 6.08 Å². The van der Waals surface area contributed by atoms with Crippen molar-refractivity contribution in [3.63, 3.8) is 0 Å². The van der Waals surface area contributed by atoms with Gasteiger partial charge in [-0.05, 0) is 18.2 Å². The number of methoxy groups -OCH3 is 1. The van der Waals surface area contributed by atoms with E-state index in [0.717, 1.165) is 11.0 Å². The molecule has 1 unspecified atom stereocenters. The summed E-state index contributed by atoms with van der Waals surface area (Å²) in [6.45, 7) is 0.128. The van der Waals surface area contributed by atoms with Crippen molar-refractivity contribution in [2.24, 2.45) is 0 Å². The average Bonchev–Trinajstić information content (AvgIpc) is 3.12. The number of amides is 2. The lowest BCUT2D eigenvalue weighted by molar-refractivity contribution is -0.124.